The van der Waals surface area contributed by atoms with E-state index in [2.05, 4.69) is 16.4 Å². The number of hydrogen-bond acceptors (Lipinski definition) is 4. The van der Waals surface area contributed by atoms with Gasteiger partial charge in [-0.3, -0.25) is 4.98 Å². The average molecular weight is 276 g/mol. The number of rotatable bonds is 6. The Morgan fingerprint density at radius 3 is 2.80 bits per heavy atom. The molecule has 4 heteroatoms. The molecule has 110 valence electrons. The average Bonchev–Trinajstić information content (AvgIpc) is 3.30. The second-order valence-electron chi connectivity index (χ2n) is 6.19. The van der Waals surface area contributed by atoms with E-state index in [1.807, 2.05) is 18.3 Å². The van der Waals surface area contributed by atoms with E-state index in [-0.39, 0.29) is 0 Å². The summed E-state index contributed by atoms with van der Waals surface area (Å²) in [5, 5.41) is 14.1. The molecule has 1 saturated heterocycles. The molecule has 0 spiro atoms. The van der Waals surface area contributed by atoms with Crippen LogP contribution in [0.5, 0.6) is 0 Å². The molecular formula is C16H24N2O2. The van der Waals surface area contributed by atoms with Crippen molar-refractivity contribution in [1.29, 1.82) is 0 Å². The lowest BCUT2D eigenvalue weighted by atomic mass is 9.93. The molecule has 0 amide bonds. The molecule has 1 saturated carbocycles. The highest BCUT2D eigenvalue weighted by Gasteiger charge is 2.35. The molecule has 1 atom stereocenters. The molecule has 1 unspecified atom stereocenters. The van der Waals surface area contributed by atoms with Crippen LogP contribution in [0.2, 0.25) is 0 Å². The first-order chi connectivity index (χ1) is 9.75. The summed E-state index contributed by atoms with van der Waals surface area (Å²) in [6.07, 6.45) is 6.88. The minimum absolute atomic E-state index is 0.441. The van der Waals surface area contributed by atoms with E-state index < -0.39 is 5.60 Å². The Labute approximate surface area is 120 Å². The number of hydrogen-bond donors (Lipinski definition) is 2. The summed E-state index contributed by atoms with van der Waals surface area (Å²) in [6, 6.07) is 6.52. The van der Waals surface area contributed by atoms with Crippen LogP contribution < -0.4 is 5.32 Å². The van der Waals surface area contributed by atoms with Gasteiger partial charge in [-0.2, -0.15) is 0 Å². The molecule has 0 bridgehead atoms. The molecule has 0 radical (unpaired) electrons. The zero-order chi connectivity index (χ0) is 13.8. The Morgan fingerprint density at radius 1 is 1.35 bits per heavy atom. The summed E-state index contributed by atoms with van der Waals surface area (Å²) in [4.78, 5) is 4.42. The highest BCUT2D eigenvalue weighted by Crippen LogP contribution is 2.34. The van der Waals surface area contributed by atoms with Crippen LogP contribution in [0.15, 0.2) is 24.4 Å². The SMILES string of the molecule is OC1(CNC(Cc2ccccn2)C2CC2)CCOCC1. The van der Waals surface area contributed by atoms with Crippen molar-refractivity contribution in [2.45, 2.75) is 43.7 Å². The van der Waals surface area contributed by atoms with Gasteiger partial charge in [0.2, 0.25) is 0 Å². The lowest BCUT2D eigenvalue weighted by Gasteiger charge is -2.34. The Hall–Kier alpha value is -0.970. The summed E-state index contributed by atoms with van der Waals surface area (Å²) in [5.41, 5.74) is 0.547. The largest absolute Gasteiger partial charge is 0.388 e. The maximum atomic E-state index is 10.5. The lowest BCUT2D eigenvalue weighted by molar-refractivity contribution is -0.0630. The van der Waals surface area contributed by atoms with Crippen molar-refractivity contribution in [1.82, 2.24) is 10.3 Å². The fraction of sp³-hybridized carbons (Fsp3) is 0.688. The van der Waals surface area contributed by atoms with Gasteiger partial charge in [-0.1, -0.05) is 6.07 Å². The summed E-state index contributed by atoms with van der Waals surface area (Å²) in [6.45, 7) is 2.02. The van der Waals surface area contributed by atoms with Crippen molar-refractivity contribution in [2.24, 2.45) is 5.92 Å². The van der Waals surface area contributed by atoms with Crippen LogP contribution in [0.1, 0.15) is 31.4 Å². The lowest BCUT2D eigenvalue weighted by Crippen LogP contribution is -2.48. The van der Waals surface area contributed by atoms with Gasteiger partial charge in [0.25, 0.3) is 0 Å². The van der Waals surface area contributed by atoms with Gasteiger partial charge in [0.1, 0.15) is 0 Å². The Morgan fingerprint density at radius 2 is 2.15 bits per heavy atom. The first kappa shape index (κ1) is 14.0. The first-order valence-electron chi connectivity index (χ1n) is 7.69. The van der Waals surface area contributed by atoms with E-state index in [4.69, 9.17) is 4.74 Å². The molecule has 0 aromatic carbocycles. The molecule has 2 aliphatic rings. The van der Waals surface area contributed by atoms with Gasteiger partial charge in [-0.25, -0.2) is 0 Å². The van der Waals surface area contributed by atoms with Crippen molar-refractivity contribution in [3.8, 4) is 0 Å². The number of nitrogens with one attached hydrogen (secondary N) is 1. The molecule has 2 N–H and O–H groups in total. The van der Waals surface area contributed by atoms with Crippen molar-refractivity contribution in [3.05, 3.63) is 30.1 Å². The predicted octanol–water partition coefficient (Wildman–Crippen LogP) is 1.53. The van der Waals surface area contributed by atoms with Gasteiger partial charge in [-0.05, 0) is 30.9 Å². The maximum absolute atomic E-state index is 10.5. The Bertz CT molecular complexity index is 414. The van der Waals surface area contributed by atoms with E-state index in [0.29, 0.717) is 25.8 Å². The van der Waals surface area contributed by atoms with Crippen LogP contribution in [-0.2, 0) is 11.2 Å². The second kappa shape index (κ2) is 6.20. The molecule has 1 aromatic rings. The summed E-state index contributed by atoms with van der Waals surface area (Å²) >= 11 is 0. The van der Waals surface area contributed by atoms with Crippen LogP contribution in [0, 0.1) is 5.92 Å². The van der Waals surface area contributed by atoms with Crippen LogP contribution in [-0.4, -0.2) is 41.5 Å². The van der Waals surface area contributed by atoms with Gasteiger partial charge in [0.15, 0.2) is 0 Å². The van der Waals surface area contributed by atoms with E-state index in [9.17, 15) is 5.11 Å². The van der Waals surface area contributed by atoms with Crippen molar-refractivity contribution in [3.63, 3.8) is 0 Å². The minimum Gasteiger partial charge on any atom is -0.388 e. The first-order valence-corrected chi connectivity index (χ1v) is 7.69. The molecule has 1 aliphatic carbocycles. The third-order valence-electron chi connectivity index (χ3n) is 4.46. The van der Waals surface area contributed by atoms with E-state index in [0.717, 1.165) is 30.9 Å². The number of aromatic nitrogens is 1. The van der Waals surface area contributed by atoms with Crippen LogP contribution >= 0.6 is 0 Å². The summed E-state index contributed by atoms with van der Waals surface area (Å²) in [5.74, 6) is 0.750. The molecule has 2 fully saturated rings. The zero-order valence-electron chi connectivity index (χ0n) is 11.9. The molecule has 20 heavy (non-hydrogen) atoms. The van der Waals surface area contributed by atoms with Gasteiger partial charge in [-0.15, -0.1) is 0 Å². The van der Waals surface area contributed by atoms with Gasteiger partial charge in [0.05, 0.1) is 5.60 Å². The minimum atomic E-state index is -0.588. The quantitative estimate of drug-likeness (QED) is 0.827. The smallest absolute Gasteiger partial charge is 0.0815 e. The molecular weight excluding hydrogens is 252 g/mol. The fourth-order valence-electron chi connectivity index (χ4n) is 2.90. The third kappa shape index (κ3) is 3.78. The number of pyridine rings is 1. The molecule has 1 aromatic heterocycles. The fourth-order valence-corrected chi connectivity index (χ4v) is 2.90. The maximum Gasteiger partial charge on any atom is 0.0815 e. The van der Waals surface area contributed by atoms with Crippen LogP contribution in [0.25, 0.3) is 0 Å². The summed E-state index contributed by atoms with van der Waals surface area (Å²) in [7, 11) is 0. The van der Waals surface area contributed by atoms with Crippen LogP contribution in [0.3, 0.4) is 0 Å². The van der Waals surface area contributed by atoms with E-state index >= 15 is 0 Å². The Balaban J connectivity index is 1.55. The summed E-state index contributed by atoms with van der Waals surface area (Å²) < 4.78 is 5.33. The third-order valence-corrected chi connectivity index (χ3v) is 4.46. The Kier molecular flexibility index (Phi) is 4.34. The number of nitrogens with zero attached hydrogens (tertiary/aromatic N) is 1. The second-order valence-corrected chi connectivity index (χ2v) is 6.19. The molecule has 2 heterocycles. The van der Waals surface area contributed by atoms with E-state index in [1.54, 1.807) is 0 Å². The van der Waals surface area contributed by atoms with Gasteiger partial charge >= 0.3 is 0 Å². The van der Waals surface area contributed by atoms with Crippen molar-refractivity contribution >= 4 is 0 Å². The molecule has 4 nitrogen and oxygen atoms in total. The molecule has 1 aliphatic heterocycles. The van der Waals surface area contributed by atoms with Crippen molar-refractivity contribution in [2.75, 3.05) is 19.8 Å². The normalized spacial score (nSPS) is 23.4. The van der Waals surface area contributed by atoms with Crippen molar-refractivity contribution < 1.29 is 9.84 Å². The highest BCUT2D eigenvalue weighted by atomic mass is 16.5. The topological polar surface area (TPSA) is 54.4 Å². The monoisotopic (exact) mass is 276 g/mol. The van der Waals surface area contributed by atoms with Crippen LogP contribution in [0.4, 0.5) is 0 Å². The highest BCUT2D eigenvalue weighted by molar-refractivity contribution is 5.07. The predicted molar refractivity (Wildman–Crippen MR) is 77.5 cm³/mol. The molecule has 3 rings (SSSR count). The zero-order valence-corrected chi connectivity index (χ0v) is 11.9. The standard InChI is InChI=1S/C16H24N2O2/c19-16(6-9-20-10-7-16)12-18-15(13-4-5-13)11-14-3-1-2-8-17-14/h1-3,8,13,15,18-19H,4-7,9-12H2. The van der Waals surface area contributed by atoms with Gasteiger partial charge in [0, 0.05) is 57.0 Å². The van der Waals surface area contributed by atoms with Gasteiger partial charge < -0.3 is 15.2 Å². The number of aliphatic hydroxyl groups is 1. The van der Waals surface area contributed by atoms with E-state index in [1.165, 1.54) is 12.8 Å². The number of ether oxygens (including phenoxy) is 1.